The van der Waals surface area contributed by atoms with Crippen molar-refractivity contribution in [2.24, 2.45) is 4.99 Å². The van der Waals surface area contributed by atoms with Crippen LogP contribution in [0.25, 0.3) is 10.2 Å². The highest BCUT2D eigenvalue weighted by atomic mass is 32.1. The summed E-state index contributed by atoms with van der Waals surface area (Å²) in [4.78, 5) is 27.0. The minimum Gasteiger partial charge on any atom is -0.435 e. The van der Waals surface area contributed by atoms with Crippen LogP contribution in [0.2, 0.25) is 0 Å². The van der Waals surface area contributed by atoms with Crippen molar-refractivity contribution in [1.82, 2.24) is 9.88 Å². The molecule has 2 aromatic rings. The van der Waals surface area contributed by atoms with E-state index in [9.17, 15) is 13.6 Å². The summed E-state index contributed by atoms with van der Waals surface area (Å²) in [5.74, 6) is -0.170. The Morgan fingerprint density at radius 1 is 1.31 bits per heavy atom. The van der Waals surface area contributed by atoms with Gasteiger partial charge in [-0.1, -0.05) is 6.08 Å². The Morgan fingerprint density at radius 3 is 2.90 bits per heavy atom. The van der Waals surface area contributed by atoms with Gasteiger partial charge in [0, 0.05) is 49.0 Å². The third kappa shape index (κ3) is 3.65. The van der Waals surface area contributed by atoms with Gasteiger partial charge in [0.15, 0.2) is 0 Å². The zero-order valence-corrected chi connectivity index (χ0v) is 16.6. The Bertz CT molecular complexity index is 1090. The van der Waals surface area contributed by atoms with Crippen LogP contribution in [-0.4, -0.2) is 42.8 Å². The van der Waals surface area contributed by atoms with Gasteiger partial charge in [-0.05, 0) is 24.3 Å². The number of hydrogen-bond donors (Lipinski definition) is 0. The summed E-state index contributed by atoms with van der Waals surface area (Å²) in [6, 6.07) is 1.92. The second-order valence-corrected chi connectivity index (χ2v) is 7.66. The van der Waals surface area contributed by atoms with Crippen LogP contribution in [0.15, 0.2) is 53.0 Å². The molecule has 0 N–H and O–H groups in total. The molecule has 3 heterocycles. The first-order chi connectivity index (χ1) is 14.0. The molecule has 0 aromatic carbocycles. The molecule has 0 atom stereocenters. The van der Waals surface area contributed by atoms with E-state index in [1.807, 2.05) is 25.1 Å². The van der Waals surface area contributed by atoms with Gasteiger partial charge in [0.05, 0.1) is 12.9 Å². The smallest absolute Gasteiger partial charge is 0.387 e. The lowest BCUT2D eigenvalue weighted by Crippen LogP contribution is -2.27. The maximum Gasteiger partial charge on any atom is 0.387 e. The van der Waals surface area contributed by atoms with Gasteiger partial charge in [-0.15, -0.1) is 11.3 Å². The van der Waals surface area contributed by atoms with Crippen molar-refractivity contribution in [3.05, 3.63) is 58.5 Å². The van der Waals surface area contributed by atoms with E-state index < -0.39 is 6.61 Å². The van der Waals surface area contributed by atoms with Gasteiger partial charge in [0.25, 0.3) is 5.91 Å². The lowest BCUT2D eigenvalue weighted by Gasteiger charge is -2.18. The van der Waals surface area contributed by atoms with Crippen molar-refractivity contribution in [3.8, 4) is 0 Å². The average molecular weight is 416 g/mol. The molecule has 150 valence electrons. The van der Waals surface area contributed by atoms with Crippen LogP contribution in [0.1, 0.15) is 21.7 Å². The first-order valence-corrected chi connectivity index (χ1v) is 9.70. The van der Waals surface area contributed by atoms with E-state index in [4.69, 9.17) is 0 Å². The van der Waals surface area contributed by atoms with Gasteiger partial charge in [0.2, 0.25) is 0 Å². The first-order valence-electron chi connectivity index (χ1n) is 8.89. The topological polar surface area (TPSA) is 58.0 Å². The van der Waals surface area contributed by atoms with Crippen LogP contribution in [-0.2, 0) is 11.3 Å². The minimum atomic E-state index is -2.90. The molecule has 1 aliphatic carbocycles. The van der Waals surface area contributed by atoms with E-state index in [2.05, 4.69) is 14.7 Å². The van der Waals surface area contributed by atoms with E-state index in [0.717, 1.165) is 21.5 Å². The first kappa shape index (κ1) is 19.3. The Morgan fingerprint density at radius 2 is 2.14 bits per heavy atom. The fraction of sp³-hybridized carbons (Fsp3) is 0.250. The largest absolute Gasteiger partial charge is 0.435 e. The van der Waals surface area contributed by atoms with Gasteiger partial charge >= 0.3 is 6.61 Å². The fourth-order valence-corrected chi connectivity index (χ4v) is 4.41. The van der Waals surface area contributed by atoms with Gasteiger partial charge < -0.3 is 9.64 Å². The summed E-state index contributed by atoms with van der Waals surface area (Å²) >= 11 is 1.34. The number of pyridine rings is 1. The van der Waals surface area contributed by atoms with Crippen LogP contribution < -0.4 is 4.90 Å². The highest BCUT2D eigenvalue weighted by Gasteiger charge is 2.28. The third-order valence-electron chi connectivity index (χ3n) is 4.59. The van der Waals surface area contributed by atoms with Gasteiger partial charge in [0.1, 0.15) is 15.5 Å². The molecule has 4 rings (SSSR count). The number of halogens is 2. The fourth-order valence-electron chi connectivity index (χ4n) is 3.30. The van der Waals surface area contributed by atoms with Crippen LogP contribution in [0.5, 0.6) is 0 Å². The summed E-state index contributed by atoms with van der Waals surface area (Å²) < 4.78 is 29.4. The second kappa shape index (κ2) is 7.75. The normalized spacial score (nSPS) is 16.4. The van der Waals surface area contributed by atoms with E-state index in [1.165, 1.54) is 34.7 Å². The number of amides is 1. The van der Waals surface area contributed by atoms with Gasteiger partial charge in [-0.2, -0.15) is 8.78 Å². The van der Waals surface area contributed by atoms with Crippen molar-refractivity contribution >= 4 is 39.5 Å². The number of ether oxygens (including phenoxy) is 1. The number of aromatic nitrogens is 1. The summed E-state index contributed by atoms with van der Waals surface area (Å²) in [6.45, 7) is -2.54. The van der Waals surface area contributed by atoms with Crippen molar-refractivity contribution in [2.75, 3.05) is 19.0 Å². The summed E-state index contributed by atoms with van der Waals surface area (Å²) in [7, 11) is 3.89. The predicted octanol–water partition coefficient (Wildman–Crippen LogP) is 4.31. The summed E-state index contributed by atoms with van der Waals surface area (Å²) in [5.41, 5.74) is 2.46. The predicted molar refractivity (Wildman–Crippen MR) is 109 cm³/mol. The molecule has 0 fully saturated rings. The molecule has 1 aliphatic heterocycles. The second-order valence-electron chi connectivity index (χ2n) is 6.66. The molecule has 29 heavy (non-hydrogen) atoms. The molecule has 9 heteroatoms. The molecule has 0 saturated heterocycles. The number of anilines is 1. The molecule has 2 aliphatic rings. The zero-order chi connectivity index (χ0) is 20.5. The quantitative estimate of drug-likeness (QED) is 0.745. The molecule has 0 saturated carbocycles. The highest BCUT2D eigenvalue weighted by Crippen LogP contribution is 2.38. The van der Waals surface area contributed by atoms with Gasteiger partial charge in [-0.3, -0.25) is 14.7 Å². The zero-order valence-electron chi connectivity index (χ0n) is 15.8. The molecule has 0 spiro atoms. The molecule has 1 amide bonds. The Labute approximate surface area is 170 Å². The lowest BCUT2D eigenvalue weighted by atomic mass is 10.1. The summed E-state index contributed by atoms with van der Waals surface area (Å²) in [5, 5.41) is 0.937. The Hall–Kier alpha value is -3.07. The van der Waals surface area contributed by atoms with Crippen molar-refractivity contribution in [2.45, 2.75) is 19.6 Å². The molecule has 0 radical (unpaired) electrons. The number of alkyl halides is 2. The van der Waals surface area contributed by atoms with Crippen LogP contribution >= 0.6 is 11.3 Å². The SMILES string of the molecule is CN(C)c1ccnc2sc3c(c12)CN=CN(C1=CC=C(OC(F)F)C=CC1)C3=O. The number of carbonyl (C=O) groups excluding carboxylic acids is 1. The van der Waals surface area contributed by atoms with E-state index in [-0.39, 0.29) is 11.7 Å². The molecule has 2 aromatic heterocycles. The van der Waals surface area contributed by atoms with Crippen LogP contribution in [0, 0.1) is 0 Å². The number of allylic oxidation sites excluding steroid dienone is 4. The maximum atomic E-state index is 13.3. The average Bonchev–Trinajstić information content (AvgIpc) is 2.79. The number of hydrogen-bond acceptors (Lipinski definition) is 6. The number of rotatable bonds is 4. The molecule has 6 nitrogen and oxygen atoms in total. The monoisotopic (exact) mass is 416 g/mol. The molecule has 0 unspecified atom stereocenters. The minimum absolute atomic E-state index is 0.0385. The lowest BCUT2D eigenvalue weighted by molar-refractivity contribution is -0.0919. The van der Waals surface area contributed by atoms with Crippen molar-refractivity contribution < 1.29 is 18.3 Å². The van der Waals surface area contributed by atoms with E-state index >= 15 is 0 Å². The number of aliphatic imine (C=N–C) groups is 1. The Kier molecular flexibility index (Phi) is 5.14. The number of fused-ring (bicyclic) bond motifs is 3. The van der Waals surface area contributed by atoms with Gasteiger partial charge in [-0.25, -0.2) is 4.98 Å². The van der Waals surface area contributed by atoms with Crippen LogP contribution in [0.4, 0.5) is 14.5 Å². The van der Waals surface area contributed by atoms with E-state index in [1.54, 1.807) is 18.3 Å². The number of thiophene rings is 1. The van der Waals surface area contributed by atoms with Crippen molar-refractivity contribution in [1.29, 1.82) is 0 Å². The Balaban J connectivity index is 1.74. The number of nitrogens with zero attached hydrogens (tertiary/aromatic N) is 4. The standard InChI is InChI=1S/C20H18F2N4O2S/c1-25(2)15-8-9-24-18-16(15)14-10-23-11-26(19(27)17(14)29-18)12-4-3-5-13(7-6-12)28-20(21)22/h3,5-9,11,20H,4,10H2,1-2H3. The molecular weight excluding hydrogens is 398 g/mol. The third-order valence-corrected chi connectivity index (χ3v) is 5.72. The van der Waals surface area contributed by atoms with E-state index in [0.29, 0.717) is 23.5 Å². The number of carbonyl (C=O) groups is 1. The molecule has 0 bridgehead atoms. The maximum absolute atomic E-state index is 13.3. The summed E-state index contributed by atoms with van der Waals surface area (Å²) in [6.07, 6.45) is 9.78. The van der Waals surface area contributed by atoms with Crippen molar-refractivity contribution in [3.63, 3.8) is 0 Å². The molecular formula is C20H18F2N4O2S. The highest BCUT2D eigenvalue weighted by molar-refractivity contribution is 7.20. The van der Waals surface area contributed by atoms with Crippen LogP contribution in [0.3, 0.4) is 0 Å².